The third-order valence-electron chi connectivity index (χ3n) is 2.92. The second-order valence-electron chi connectivity index (χ2n) is 4.14. The quantitative estimate of drug-likeness (QED) is 0.861. The molecule has 1 unspecified atom stereocenters. The van der Waals surface area contributed by atoms with Crippen LogP contribution in [0.4, 0.5) is 19.1 Å². The van der Waals surface area contributed by atoms with Crippen LogP contribution in [-0.4, -0.2) is 9.55 Å². The molecule has 1 aliphatic rings. The maximum Gasteiger partial charge on any atom is 0.434 e. The van der Waals surface area contributed by atoms with E-state index in [9.17, 15) is 13.2 Å². The lowest BCUT2D eigenvalue weighted by Crippen LogP contribution is -2.21. The molecule has 7 heteroatoms. The van der Waals surface area contributed by atoms with Gasteiger partial charge < -0.3 is 9.88 Å². The molecule has 2 aromatic heterocycles. The number of hydrogen-bond acceptors (Lipinski definition) is 3. The van der Waals surface area contributed by atoms with Gasteiger partial charge in [0.05, 0.1) is 6.04 Å². The van der Waals surface area contributed by atoms with Crippen molar-refractivity contribution in [3.63, 3.8) is 0 Å². The SMILES string of the molecule is FC(F)(F)c1cn2c(n1)NC(c1cccs1)CC2. The van der Waals surface area contributed by atoms with Crippen molar-refractivity contribution in [2.24, 2.45) is 0 Å². The minimum absolute atomic E-state index is 0.0565. The second kappa shape index (κ2) is 4.01. The van der Waals surface area contributed by atoms with Crippen molar-refractivity contribution in [2.75, 3.05) is 5.32 Å². The molecule has 1 atom stereocenters. The molecule has 0 radical (unpaired) electrons. The van der Waals surface area contributed by atoms with Crippen molar-refractivity contribution < 1.29 is 13.2 Å². The van der Waals surface area contributed by atoms with Crippen molar-refractivity contribution >= 4 is 17.3 Å². The number of rotatable bonds is 1. The molecule has 0 aromatic carbocycles. The van der Waals surface area contributed by atoms with Crippen LogP contribution in [0.15, 0.2) is 23.7 Å². The van der Waals surface area contributed by atoms with Crippen LogP contribution in [0.1, 0.15) is 23.0 Å². The Balaban J connectivity index is 1.87. The smallest absolute Gasteiger partial charge is 0.348 e. The molecule has 0 saturated heterocycles. The van der Waals surface area contributed by atoms with Gasteiger partial charge in [0.1, 0.15) is 0 Å². The van der Waals surface area contributed by atoms with Crippen molar-refractivity contribution in [1.29, 1.82) is 0 Å². The van der Waals surface area contributed by atoms with E-state index < -0.39 is 11.9 Å². The number of aryl methyl sites for hydroxylation is 1. The summed E-state index contributed by atoms with van der Waals surface area (Å²) in [5.41, 5.74) is -0.836. The van der Waals surface area contributed by atoms with Gasteiger partial charge in [0, 0.05) is 17.6 Å². The van der Waals surface area contributed by atoms with E-state index in [-0.39, 0.29) is 6.04 Å². The predicted octanol–water partition coefficient (Wildman–Crippen LogP) is 3.52. The maximum atomic E-state index is 12.5. The number of hydrogen-bond donors (Lipinski definition) is 1. The Morgan fingerprint density at radius 3 is 2.94 bits per heavy atom. The molecular weight excluding hydrogens is 263 g/mol. The highest BCUT2D eigenvalue weighted by atomic mass is 32.1. The minimum atomic E-state index is -4.38. The van der Waals surface area contributed by atoms with E-state index in [4.69, 9.17) is 0 Å². The Morgan fingerprint density at radius 1 is 1.44 bits per heavy atom. The number of aromatic nitrogens is 2. The fourth-order valence-corrected chi connectivity index (χ4v) is 2.85. The first-order valence-electron chi connectivity index (χ1n) is 5.48. The monoisotopic (exact) mass is 273 g/mol. The van der Waals surface area contributed by atoms with Crippen molar-refractivity contribution in [3.8, 4) is 0 Å². The van der Waals surface area contributed by atoms with E-state index >= 15 is 0 Å². The maximum absolute atomic E-state index is 12.5. The number of nitrogens with one attached hydrogen (secondary N) is 1. The van der Waals surface area contributed by atoms with E-state index in [0.29, 0.717) is 12.5 Å². The Bertz CT molecular complexity index is 544. The van der Waals surface area contributed by atoms with Gasteiger partial charge in [0.15, 0.2) is 5.69 Å². The zero-order valence-corrected chi connectivity index (χ0v) is 10.1. The summed E-state index contributed by atoms with van der Waals surface area (Å²) in [6.07, 6.45) is -2.56. The van der Waals surface area contributed by atoms with Crippen LogP contribution < -0.4 is 5.32 Å². The van der Waals surface area contributed by atoms with Gasteiger partial charge in [-0.25, -0.2) is 4.98 Å². The van der Waals surface area contributed by atoms with Crippen molar-refractivity contribution in [3.05, 3.63) is 34.3 Å². The summed E-state index contributed by atoms with van der Waals surface area (Å²) in [5.74, 6) is 0.298. The van der Waals surface area contributed by atoms with Gasteiger partial charge in [-0.3, -0.25) is 0 Å². The highest BCUT2D eigenvalue weighted by molar-refractivity contribution is 7.10. The molecule has 0 aliphatic carbocycles. The van der Waals surface area contributed by atoms with Crippen LogP contribution in [0, 0.1) is 0 Å². The largest absolute Gasteiger partial charge is 0.434 e. The Morgan fingerprint density at radius 2 is 2.28 bits per heavy atom. The lowest BCUT2D eigenvalue weighted by molar-refractivity contribution is -0.140. The molecule has 1 aliphatic heterocycles. The van der Waals surface area contributed by atoms with Gasteiger partial charge in [0.2, 0.25) is 5.95 Å². The van der Waals surface area contributed by atoms with Gasteiger partial charge in [-0.1, -0.05) is 6.07 Å². The van der Waals surface area contributed by atoms with Gasteiger partial charge >= 0.3 is 6.18 Å². The highest BCUT2D eigenvalue weighted by Gasteiger charge is 2.36. The van der Waals surface area contributed by atoms with Gasteiger partial charge in [-0.05, 0) is 17.9 Å². The lowest BCUT2D eigenvalue weighted by Gasteiger charge is -2.24. The summed E-state index contributed by atoms with van der Waals surface area (Å²) in [5, 5.41) is 5.01. The first-order valence-corrected chi connectivity index (χ1v) is 6.36. The summed E-state index contributed by atoms with van der Waals surface area (Å²) in [6, 6.07) is 3.97. The molecule has 0 bridgehead atoms. The minimum Gasteiger partial charge on any atom is -0.348 e. The predicted molar refractivity (Wildman–Crippen MR) is 62.5 cm³/mol. The summed E-state index contributed by atoms with van der Waals surface area (Å²) in [4.78, 5) is 4.74. The topological polar surface area (TPSA) is 29.9 Å². The average Bonchev–Trinajstić information content (AvgIpc) is 2.96. The zero-order valence-electron chi connectivity index (χ0n) is 9.24. The molecule has 3 heterocycles. The van der Waals surface area contributed by atoms with E-state index in [1.807, 2.05) is 17.5 Å². The molecule has 0 amide bonds. The summed E-state index contributed by atoms with van der Waals surface area (Å²) in [6.45, 7) is 0.550. The summed E-state index contributed by atoms with van der Waals surface area (Å²) < 4.78 is 39.2. The molecule has 0 fully saturated rings. The Hall–Kier alpha value is -1.50. The standard InChI is InChI=1S/C11H10F3N3S/c12-11(13,14)9-6-17-4-3-7(15-10(17)16-9)8-2-1-5-18-8/h1-2,5-7H,3-4H2,(H,15,16). The first kappa shape index (κ1) is 11.6. The molecule has 3 rings (SSSR count). The number of fused-ring (bicyclic) bond motifs is 1. The fraction of sp³-hybridized carbons (Fsp3) is 0.364. The van der Waals surface area contributed by atoms with E-state index in [1.165, 1.54) is 4.57 Å². The van der Waals surface area contributed by atoms with Gasteiger partial charge in [0.25, 0.3) is 0 Å². The molecule has 18 heavy (non-hydrogen) atoms. The van der Waals surface area contributed by atoms with Crippen molar-refractivity contribution in [1.82, 2.24) is 9.55 Å². The van der Waals surface area contributed by atoms with Crippen molar-refractivity contribution in [2.45, 2.75) is 25.2 Å². The molecule has 0 spiro atoms. The van der Waals surface area contributed by atoms with E-state index in [1.54, 1.807) is 11.3 Å². The molecule has 0 saturated carbocycles. The third kappa shape index (κ3) is 1.98. The number of thiophene rings is 1. The molecular formula is C11H10F3N3S. The number of imidazole rings is 1. The first-order chi connectivity index (χ1) is 8.54. The summed E-state index contributed by atoms with van der Waals surface area (Å²) in [7, 11) is 0. The Labute approximate surface area is 105 Å². The molecule has 2 aromatic rings. The number of alkyl halides is 3. The zero-order chi connectivity index (χ0) is 12.8. The molecule has 96 valence electrons. The van der Waals surface area contributed by atoms with Gasteiger partial charge in [-0.15, -0.1) is 11.3 Å². The summed E-state index contributed by atoms with van der Waals surface area (Å²) >= 11 is 1.59. The normalized spacial score (nSPS) is 19.4. The van der Waals surface area contributed by atoms with Crippen LogP contribution in [0.5, 0.6) is 0 Å². The average molecular weight is 273 g/mol. The lowest BCUT2D eigenvalue weighted by atomic mass is 10.1. The van der Waals surface area contributed by atoms with Crippen LogP contribution in [0.25, 0.3) is 0 Å². The third-order valence-corrected chi connectivity index (χ3v) is 3.90. The van der Waals surface area contributed by atoms with E-state index in [0.717, 1.165) is 17.5 Å². The molecule has 3 nitrogen and oxygen atoms in total. The van der Waals surface area contributed by atoms with E-state index in [2.05, 4.69) is 10.3 Å². The van der Waals surface area contributed by atoms with Crippen LogP contribution >= 0.6 is 11.3 Å². The number of halogens is 3. The number of anilines is 1. The second-order valence-corrected chi connectivity index (χ2v) is 5.12. The van der Waals surface area contributed by atoms with Crippen LogP contribution in [0.3, 0.4) is 0 Å². The molecule has 1 N–H and O–H groups in total. The van der Waals surface area contributed by atoms with Crippen LogP contribution in [0.2, 0.25) is 0 Å². The fourth-order valence-electron chi connectivity index (χ4n) is 2.04. The van der Waals surface area contributed by atoms with Gasteiger partial charge in [-0.2, -0.15) is 13.2 Å². The Kier molecular flexibility index (Phi) is 2.58. The highest BCUT2D eigenvalue weighted by Crippen LogP contribution is 2.34. The van der Waals surface area contributed by atoms with Crippen LogP contribution in [-0.2, 0) is 12.7 Å². The number of nitrogens with zero attached hydrogens (tertiary/aromatic N) is 2.